The lowest BCUT2D eigenvalue weighted by Crippen LogP contribution is -2.10. The first-order chi connectivity index (χ1) is 20.5. The van der Waals surface area contributed by atoms with Gasteiger partial charge in [0.25, 0.3) is 0 Å². The van der Waals surface area contributed by atoms with Gasteiger partial charge in [0.15, 0.2) is 11.6 Å². The van der Waals surface area contributed by atoms with E-state index in [0.29, 0.717) is 11.8 Å². The van der Waals surface area contributed by atoms with Crippen LogP contribution in [0.25, 0.3) is 62.1 Å². The Bertz CT molecular complexity index is 2010. The largest absolute Gasteiger partial charge is 0.416 e. The second kappa shape index (κ2) is 10.2. The first kappa shape index (κ1) is 25.6. The normalized spacial score (nSPS) is 11.7. The van der Waals surface area contributed by atoms with Crippen molar-refractivity contribution in [1.82, 2.24) is 25.0 Å². The summed E-state index contributed by atoms with van der Waals surface area (Å²) >= 11 is 0. The molecular formula is C36H29N5O. The van der Waals surface area contributed by atoms with Crippen LogP contribution in [0.5, 0.6) is 0 Å². The molecule has 5 aromatic carbocycles. The number of nitrogens with zero attached hydrogens (tertiary/aromatic N) is 5. The van der Waals surface area contributed by atoms with Crippen molar-refractivity contribution in [3.63, 3.8) is 0 Å². The molecule has 7 aromatic rings. The SMILES string of the molecule is CC(C)(C)c1ccc(-c2nnc(-c3cccc(-c4nnc(-c5cccc6ccccc56)o4)c3)n2-c2ccccc2)cc1. The molecule has 0 saturated carbocycles. The first-order valence-corrected chi connectivity index (χ1v) is 14.0. The number of rotatable bonds is 5. The van der Waals surface area contributed by atoms with Gasteiger partial charge in [0.1, 0.15) is 0 Å². The van der Waals surface area contributed by atoms with Gasteiger partial charge in [0, 0.05) is 27.9 Å². The van der Waals surface area contributed by atoms with E-state index in [9.17, 15) is 0 Å². The molecule has 6 nitrogen and oxygen atoms in total. The number of hydrogen-bond acceptors (Lipinski definition) is 5. The van der Waals surface area contributed by atoms with E-state index in [4.69, 9.17) is 4.42 Å². The van der Waals surface area contributed by atoms with Gasteiger partial charge in [-0.2, -0.15) is 0 Å². The van der Waals surface area contributed by atoms with Gasteiger partial charge in [-0.1, -0.05) is 112 Å². The van der Waals surface area contributed by atoms with Crippen LogP contribution in [-0.4, -0.2) is 25.0 Å². The van der Waals surface area contributed by atoms with Gasteiger partial charge in [0.2, 0.25) is 11.8 Å². The van der Waals surface area contributed by atoms with Gasteiger partial charge < -0.3 is 4.42 Å². The van der Waals surface area contributed by atoms with E-state index in [1.165, 1.54) is 5.56 Å². The molecule has 204 valence electrons. The monoisotopic (exact) mass is 547 g/mol. The molecule has 0 N–H and O–H groups in total. The Kier molecular flexibility index (Phi) is 6.24. The maximum absolute atomic E-state index is 6.22. The van der Waals surface area contributed by atoms with Crippen LogP contribution in [0.2, 0.25) is 0 Å². The summed E-state index contributed by atoms with van der Waals surface area (Å²) in [6.45, 7) is 6.65. The molecule has 7 rings (SSSR count). The van der Waals surface area contributed by atoms with Crippen molar-refractivity contribution in [2.75, 3.05) is 0 Å². The summed E-state index contributed by atoms with van der Waals surface area (Å²) in [4.78, 5) is 0. The predicted molar refractivity (Wildman–Crippen MR) is 167 cm³/mol. The molecule has 2 heterocycles. The lowest BCUT2D eigenvalue weighted by Gasteiger charge is -2.19. The summed E-state index contributed by atoms with van der Waals surface area (Å²) in [5.41, 5.74) is 5.93. The summed E-state index contributed by atoms with van der Waals surface area (Å²) in [7, 11) is 0. The van der Waals surface area contributed by atoms with Crippen LogP contribution in [0.15, 0.2) is 126 Å². The molecule has 42 heavy (non-hydrogen) atoms. The second-order valence-corrected chi connectivity index (χ2v) is 11.4. The molecule has 0 aliphatic rings. The Morgan fingerprint density at radius 3 is 1.98 bits per heavy atom. The molecule has 0 atom stereocenters. The lowest BCUT2D eigenvalue weighted by molar-refractivity contribution is 0.585. The molecule has 0 spiro atoms. The Morgan fingerprint density at radius 2 is 1.19 bits per heavy atom. The average Bonchev–Trinajstić information content (AvgIpc) is 3.70. The van der Waals surface area contributed by atoms with Crippen molar-refractivity contribution < 1.29 is 4.42 Å². The van der Waals surface area contributed by atoms with Crippen LogP contribution in [0, 0.1) is 0 Å². The van der Waals surface area contributed by atoms with E-state index in [1.807, 2.05) is 66.7 Å². The molecule has 0 bridgehead atoms. The topological polar surface area (TPSA) is 69.6 Å². The van der Waals surface area contributed by atoms with Gasteiger partial charge in [-0.3, -0.25) is 4.57 Å². The van der Waals surface area contributed by atoms with Crippen LogP contribution in [-0.2, 0) is 5.41 Å². The highest BCUT2D eigenvalue weighted by atomic mass is 16.4. The summed E-state index contributed by atoms with van der Waals surface area (Å²) in [5.74, 6) is 2.44. The zero-order valence-electron chi connectivity index (χ0n) is 23.7. The molecule has 0 radical (unpaired) electrons. The van der Waals surface area contributed by atoms with E-state index < -0.39 is 0 Å². The highest BCUT2D eigenvalue weighted by molar-refractivity contribution is 5.94. The number of aromatic nitrogens is 5. The Hall–Kier alpha value is -5.36. The maximum Gasteiger partial charge on any atom is 0.248 e. The van der Waals surface area contributed by atoms with Gasteiger partial charge in [-0.15, -0.1) is 20.4 Å². The highest BCUT2D eigenvalue weighted by Crippen LogP contribution is 2.34. The Morgan fingerprint density at radius 1 is 0.548 bits per heavy atom. The van der Waals surface area contributed by atoms with Crippen molar-refractivity contribution in [1.29, 1.82) is 0 Å². The second-order valence-electron chi connectivity index (χ2n) is 11.4. The summed E-state index contributed by atoms with van der Waals surface area (Å²) in [5, 5.41) is 20.3. The van der Waals surface area contributed by atoms with Crippen LogP contribution < -0.4 is 0 Å². The van der Waals surface area contributed by atoms with E-state index in [0.717, 1.165) is 50.4 Å². The minimum absolute atomic E-state index is 0.0689. The van der Waals surface area contributed by atoms with Gasteiger partial charge >= 0.3 is 0 Å². The van der Waals surface area contributed by atoms with Crippen molar-refractivity contribution in [3.05, 3.63) is 127 Å². The summed E-state index contributed by atoms with van der Waals surface area (Å²) < 4.78 is 8.32. The number of para-hydroxylation sites is 1. The fourth-order valence-electron chi connectivity index (χ4n) is 5.25. The summed E-state index contributed by atoms with van der Waals surface area (Å²) in [6, 6.07) is 41.1. The van der Waals surface area contributed by atoms with Crippen LogP contribution in [0.3, 0.4) is 0 Å². The summed E-state index contributed by atoms with van der Waals surface area (Å²) in [6.07, 6.45) is 0. The molecule has 0 saturated heterocycles. The smallest absolute Gasteiger partial charge is 0.248 e. The molecule has 2 aromatic heterocycles. The fourth-order valence-corrected chi connectivity index (χ4v) is 5.25. The standard InChI is InChI=1S/C36H29N5O/c1-36(2,3)28-21-19-25(20-22-28)32-37-38-33(41(32)29-15-5-4-6-16-29)26-13-9-14-27(23-26)34-39-40-35(42-34)31-18-10-12-24-11-7-8-17-30(24)31/h4-23H,1-3H3. The molecular weight excluding hydrogens is 518 g/mol. The van der Waals surface area contributed by atoms with E-state index in [2.05, 4.69) is 100 Å². The predicted octanol–water partition coefficient (Wildman–Crippen LogP) is 8.77. The van der Waals surface area contributed by atoms with Crippen LogP contribution in [0.1, 0.15) is 26.3 Å². The minimum atomic E-state index is 0.0689. The fraction of sp³-hybridized carbons (Fsp3) is 0.111. The Balaban J connectivity index is 1.30. The minimum Gasteiger partial charge on any atom is -0.416 e. The maximum atomic E-state index is 6.22. The third kappa shape index (κ3) is 4.67. The van der Waals surface area contributed by atoms with E-state index >= 15 is 0 Å². The molecule has 6 heteroatoms. The van der Waals surface area contributed by atoms with Crippen LogP contribution >= 0.6 is 0 Å². The van der Waals surface area contributed by atoms with Gasteiger partial charge in [0.05, 0.1) is 0 Å². The zero-order chi connectivity index (χ0) is 28.7. The molecule has 0 fully saturated rings. The highest BCUT2D eigenvalue weighted by Gasteiger charge is 2.20. The number of benzene rings is 5. The number of hydrogen-bond donors (Lipinski definition) is 0. The molecule has 0 amide bonds. The van der Waals surface area contributed by atoms with Crippen molar-refractivity contribution in [3.8, 4) is 51.4 Å². The van der Waals surface area contributed by atoms with E-state index in [-0.39, 0.29) is 5.41 Å². The van der Waals surface area contributed by atoms with Crippen molar-refractivity contribution in [2.24, 2.45) is 0 Å². The van der Waals surface area contributed by atoms with Crippen molar-refractivity contribution >= 4 is 10.8 Å². The third-order valence-corrected chi connectivity index (χ3v) is 7.50. The average molecular weight is 548 g/mol. The molecule has 0 aliphatic carbocycles. The molecule has 0 aliphatic heterocycles. The van der Waals surface area contributed by atoms with Gasteiger partial charge in [-0.25, -0.2) is 0 Å². The third-order valence-electron chi connectivity index (χ3n) is 7.50. The van der Waals surface area contributed by atoms with Gasteiger partial charge in [-0.05, 0) is 52.1 Å². The van der Waals surface area contributed by atoms with Crippen molar-refractivity contribution in [2.45, 2.75) is 26.2 Å². The Labute approximate surface area is 244 Å². The van der Waals surface area contributed by atoms with E-state index in [1.54, 1.807) is 0 Å². The number of fused-ring (bicyclic) bond motifs is 1. The quantitative estimate of drug-likeness (QED) is 0.215. The zero-order valence-corrected chi connectivity index (χ0v) is 23.7. The first-order valence-electron chi connectivity index (χ1n) is 14.0. The molecule has 0 unspecified atom stereocenters. The lowest BCUT2D eigenvalue weighted by atomic mass is 9.86. The van der Waals surface area contributed by atoms with Crippen LogP contribution in [0.4, 0.5) is 0 Å².